The lowest BCUT2D eigenvalue weighted by molar-refractivity contribution is -0.148. The molecule has 0 aliphatic carbocycles. The van der Waals surface area contributed by atoms with Crippen LogP contribution in [0.3, 0.4) is 0 Å². The fourth-order valence-electron chi connectivity index (χ4n) is 1.54. The van der Waals surface area contributed by atoms with Gasteiger partial charge in [0.25, 0.3) is 0 Å². The lowest BCUT2D eigenvalue weighted by Crippen LogP contribution is -2.29. The van der Waals surface area contributed by atoms with Gasteiger partial charge >= 0.3 is 17.7 Å². The SMILES string of the molecule is CCCCCC=C=C(C)CCOC(=O)C(=[N+]=[N-])C(=O)OCC. The molecule has 6 heteroatoms. The average molecular weight is 308 g/mol. The zero-order chi connectivity index (χ0) is 16.8. The van der Waals surface area contributed by atoms with Crippen molar-refractivity contribution in [3.05, 3.63) is 22.9 Å². The highest BCUT2D eigenvalue weighted by atomic mass is 16.6. The van der Waals surface area contributed by atoms with E-state index in [0.29, 0.717) is 6.42 Å². The van der Waals surface area contributed by atoms with Crippen molar-refractivity contribution in [2.24, 2.45) is 0 Å². The van der Waals surface area contributed by atoms with Crippen LogP contribution in [0.5, 0.6) is 0 Å². The largest absolute Gasteiger partial charge is 0.482 e. The number of hydrogen-bond acceptors (Lipinski definition) is 4. The van der Waals surface area contributed by atoms with E-state index >= 15 is 0 Å². The van der Waals surface area contributed by atoms with E-state index in [-0.39, 0.29) is 13.2 Å². The first-order valence-corrected chi connectivity index (χ1v) is 7.53. The first kappa shape index (κ1) is 19.8. The van der Waals surface area contributed by atoms with E-state index in [2.05, 4.69) is 22.2 Å². The molecular weight excluding hydrogens is 284 g/mol. The van der Waals surface area contributed by atoms with Crippen molar-refractivity contribution in [1.82, 2.24) is 0 Å². The molecule has 0 N–H and O–H groups in total. The minimum absolute atomic E-state index is 0.0792. The maximum absolute atomic E-state index is 11.6. The number of ether oxygens (including phenoxy) is 2. The summed E-state index contributed by atoms with van der Waals surface area (Å²) in [7, 11) is 0. The number of nitrogens with zero attached hydrogens (tertiary/aromatic N) is 2. The van der Waals surface area contributed by atoms with Crippen LogP contribution in [0.1, 0.15) is 52.9 Å². The molecule has 0 aliphatic rings. The molecule has 0 aliphatic heterocycles. The molecule has 0 amide bonds. The zero-order valence-electron chi connectivity index (χ0n) is 13.6. The third kappa shape index (κ3) is 8.90. The van der Waals surface area contributed by atoms with E-state index in [1.165, 1.54) is 12.8 Å². The quantitative estimate of drug-likeness (QED) is 0.118. The van der Waals surface area contributed by atoms with Gasteiger partial charge in [-0.1, -0.05) is 19.8 Å². The predicted molar refractivity (Wildman–Crippen MR) is 82.2 cm³/mol. The number of hydrogen-bond donors (Lipinski definition) is 0. The van der Waals surface area contributed by atoms with Crippen LogP contribution in [0.2, 0.25) is 0 Å². The number of rotatable bonds is 10. The Kier molecular flexibility index (Phi) is 11.3. The summed E-state index contributed by atoms with van der Waals surface area (Å²) in [6, 6.07) is 0. The number of unbranched alkanes of at least 4 members (excludes halogenated alkanes) is 3. The Morgan fingerprint density at radius 3 is 2.45 bits per heavy atom. The topological polar surface area (TPSA) is 89.0 Å². The highest BCUT2D eigenvalue weighted by Gasteiger charge is 2.32. The highest BCUT2D eigenvalue weighted by Crippen LogP contribution is 2.02. The molecule has 0 aromatic heterocycles. The summed E-state index contributed by atoms with van der Waals surface area (Å²) in [6.07, 6.45) is 6.98. The summed E-state index contributed by atoms with van der Waals surface area (Å²) >= 11 is 0. The summed E-state index contributed by atoms with van der Waals surface area (Å²) in [5, 5.41) is 0. The Balaban J connectivity index is 4.23. The zero-order valence-corrected chi connectivity index (χ0v) is 13.6. The second-order valence-corrected chi connectivity index (χ2v) is 4.68. The number of esters is 2. The van der Waals surface area contributed by atoms with Crippen LogP contribution in [0.25, 0.3) is 5.53 Å². The molecule has 0 saturated carbocycles. The molecule has 0 bridgehead atoms. The van der Waals surface area contributed by atoms with Crippen molar-refractivity contribution in [3.63, 3.8) is 0 Å². The van der Waals surface area contributed by atoms with Crippen molar-refractivity contribution in [1.29, 1.82) is 0 Å². The molecule has 22 heavy (non-hydrogen) atoms. The van der Waals surface area contributed by atoms with E-state index in [9.17, 15) is 9.59 Å². The Bertz CT molecular complexity index is 484. The normalized spacial score (nSPS) is 9.23. The molecule has 0 aromatic rings. The number of carbonyl (C=O) groups excluding carboxylic acids is 2. The van der Waals surface area contributed by atoms with Crippen LogP contribution in [0.4, 0.5) is 0 Å². The molecule has 0 rings (SSSR count). The van der Waals surface area contributed by atoms with Crippen molar-refractivity contribution in [2.45, 2.75) is 52.9 Å². The lowest BCUT2D eigenvalue weighted by atomic mass is 10.2. The molecule has 6 nitrogen and oxygen atoms in total. The first-order chi connectivity index (χ1) is 10.6. The fraction of sp³-hybridized carbons (Fsp3) is 0.625. The minimum atomic E-state index is -1.00. The first-order valence-electron chi connectivity index (χ1n) is 7.53. The van der Waals surface area contributed by atoms with Crippen LogP contribution in [0.15, 0.2) is 17.4 Å². The Hall–Kier alpha value is -2.16. The van der Waals surface area contributed by atoms with Crippen molar-refractivity contribution < 1.29 is 23.9 Å². The Morgan fingerprint density at radius 1 is 1.18 bits per heavy atom. The summed E-state index contributed by atoms with van der Waals surface area (Å²) in [6.45, 7) is 5.78. The fourth-order valence-corrected chi connectivity index (χ4v) is 1.54. The van der Waals surface area contributed by atoms with Gasteiger partial charge in [0.15, 0.2) is 0 Å². The second-order valence-electron chi connectivity index (χ2n) is 4.68. The molecule has 0 atom stereocenters. The Labute approximate surface area is 131 Å². The predicted octanol–water partition coefficient (Wildman–Crippen LogP) is 2.84. The van der Waals surface area contributed by atoms with E-state index in [0.717, 1.165) is 18.4 Å². The van der Waals surface area contributed by atoms with Gasteiger partial charge < -0.3 is 15.0 Å². The summed E-state index contributed by atoms with van der Waals surface area (Å²) in [4.78, 5) is 25.5. The second kappa shape index (κ2) is 12.6. The molecule has 0 aromatic carbocycles. The average Bonchev–Trinajstić information content (AvgIpc) is 2.48. The number of carbonyl (C=O) groups is 2. The standard InChI is InChI=1S/C16H24N2O4/c1-4-6-7-8-9-10-13(3)11-12-22-16(20)14(18-17)15(19)21-5-2/h9H,4-8,11-12H2,1-3H3. The van der Waals surface area contributed by atoms with Gasteiger partial charge in [-0.05, 0) is 38.3 Å². The van der Waals surface area contributed by atoms with Crippen LogP contribution >= 0.6 is 0 Å². The lowest BCUT2D eigenvalue weighted by Gasteiger charge is -2.01. The molecule has 0 fully saturated rings. The van der Waals surface area contributed by atoms with Gasteiger partial charge in [-0.15, -0.1) is 5.73 Å². The van der Waals surface area contributed by atoms with E-state index in [1.54, 1.807) is 6.92 Å². The molecule has 0 saturated heterocycles. The third-order valence-electron chi connectivity index (χ3n) is 2.77. The molecule has 0 heterocycles. The van der Waals surface area contributed by atoms with Gasteiger partial charge in [-0.25, -0.2) is 9.59 Å². The summed E-state index contributed by atoms with van der Waals surface area (Å²) < 4.78 is 9.45. The van der Waals surface area contributed by atoms with E-state index in [4.69, 9.17) is 10.3 Å². The van der Waals surface area contributed by atoms with Crippen LogP contribution in [-0.2, 0) is 19.1 Å². The van der Waals surface area contributed by atoms with Gasteiger partial charge in [-0.2, -0.15) is 4.79 Å². The van der Waals surface area contributed by atoms with Crippen LogP contribution in [0, 0.1) is 0 Å². The van der Waals surface area contributed by atoms with Crippen molar-refractivity contribution >= 4 is 17.7 Å². The smallest absolute Gasteiger partial charge is 0.457 e. The molecule has 0 unspecified atom stereocenters. The molecule has 122 valence electrons. The molecular formula is C16H24N2O4. The molecule has 0 spiro atoms. The monoisotopic (exact) mass is 308 g/mol. The maximum Gasteiger partial charge on any atom is 0.482 e. The van der Waals surface area contributed by atoms with Gasteiger partial charge in [-0.3, -0.25) is 0 Å². The van der Waals surface area contributed by atoms with Crippen molar-refractivity contribution in [2.75, 3.05) is 13.2 Å². The highest BCUT2D eigenvalue weighted by molar-refractivity contribution is 6.60. The van der Waals surface area contributed by atoms with Crippen LogP contribution in [-0.4, -0.2) is 35.7 Å². The van der Waals surface area contributed by atoms with Gasteiger partial charge in [0, 0.05) is 6.42 Å². The van der Waals surface area contributed by atoms with Gasteiger partial charge in [0.1, 0.15) is 0 Å². The van der Waals surface area contributed by atoms with E-state index < -0.39 is 17.7 Å². The Morgan fingerprint density at radius 2 is 1.86 bits per heavy atom. The van der Waals surface area contributed by atoms with Crippen molar-refractivity contribution in [3.8, 4) is 0 Å². The van der Waals surface area contributed by atoms with Gasteiger partial charge in [0.2, 0.25) is 0 Å². The summed E-state index contributed by atoms with van der Waals surface area (Å²) in [5.74, 6) is -2.00. The summed E-state index contributed by atoms with van der Waals surface area (Å²) in [5.41, 5.74) is 12.0. The third-order valence-corrected chi connectivity index (χ3v) is 2.77. The molecule has 0 radical (unpaired) electrons. The van der Waals surface area contributed by atoms with Gasteiger partial charge in [0.05, 0.1) is 13.2 Å². The van der Waals surface area contributed by atoms with Crippen LogP contribution < -0.4 is 0 Å². The minimum Gasteiger partial charge on any atom is -0.457 e. The maximum atomic E-state index is 11.6. The van der Waals surface area contributed by atoms with E-state index in [1.807, 2.05) is 13.0 Å².